The lowest BCUT2D eigenvalue weighted by Gasteiger charge is -2.03. The first-order valence-corrected chi connectivity index (χ1v) is 5.96. The quantitative estimate of drug-likeness (QED) is 0.718. The lowest BCUT2D eigenvalue weighted by Crippen LogP contribution is -1.98. The van der Waals surface area contributed by atoms with Crippen LogP contribution >= 0.6 is 15.9 Å². The highest BCUT2D eigenvalue weighted by Crippen LogP contribution is 2.30. The first kappa shape index (κ1) is 11.1. The van der Waals surface area contributed by atoms with Crippen LogP contribution in [0.25, 0.3) is 22.4 Å². The number of nitrogens with one attached hydrogen (secondary N) is 1. The molecule has 0 bridgehead atoms. The van der Waals surface area contributed by atoms with Gasteiger partial charge in [-0.05, 0) is 34.1 Å². The SMILES string of the molecule is Cn1c(N)nc(Br)c1-c1ccc2oc(=O)[nH]c2c1. The Hall–Kier alpha value is -2.02. The molecule has 0 atom stereocenters. The van der Waals surface area contributed by atoms with Crippen molar-refractivity contribution in [3.8, 4) is 11.3 Å². The van der Waals surface area contributed by atoms with Crippen molar-refractivity contribution in [2.24, 2.45) is 7.05 Å². The molecule has 0 aliphatic carbocycles. The molecule has 0 saturated carbocycles. The van der Waals surface area contributed by atoms with Crippen LogP contribution in [-0.4, -0.2) is 14.5 Å². The van der Waals surface area contributed by atoms with Crippen molar-refractivity contribution in [2.45, 2.75) is 0 Å². The molecule has 1 aromatic carbocycles. The Morgan fingerprint density at radius 3 is 2.94 bits per heavy atom. The number of H-pyrrole nitrogens is 1. The molecule has 92 valence electrons. The Balaban J connectivity index is 2.28. The number of fused-ring (bicyclic) bond motifs is 1. The van der Waals surface area contributed by atoms with Crippen molar-refractivity contribution in [1.29, 1.82) is 0 Å². The number of anilines is 1. The Morgan fingerprint density at radius 2 is 2.28 bits per heavy atom. The van der Waals surface area contributed by atoms with Crippen LogP contribution in [0.2, 0.25) is 0 Å². The summed E-state index contributed by atoms with van der Waals surface area (Å²) in [5.74, 6) is -0.0524. The summed E-state index contributed by atoms with van der Waals surface area (Å²) < 4.78 is 7.38. The highest BCUT2D eigenvalue weighted by atomic mass is 79.9. The maximum absolute atomic E-state index is 11.1. The van der Waals surface area contributed by atoms with Gasteiger partial charge in [-0.25, -0.2) is 9.78 Å². The van der Waals surface area contributed by atoms with Gasteiger partial charge in [-0.3, -0.25) is 4.98 Å². The molecular formula is C11H9BrN4O2. The number of nitrogen functional groups attached to an aromatic ring is 1. The van der Waals surface area contributed by atoms with Gasteiger partial charge in [0.1, 0.15) is 4.60 Å². The van der Waals surface area contributed by atoms with Gasteiger partial charge in [0.2, 0.25) is 5.95 Å². The van der Waals surface area contributed by atoms with Crippen LogP contribution in [0.1, 0.15) is 0 Å². The summed E-state index contributed by atoms with van der Waals surface area (Å²) in [6, 6.07) is 5.40. The van der Waals surface area contributed by atoms with E-state index < -0.39 is 5.76 Å². The summed E-state index contributed by atoms with van der Waals surface area (Å²) >= 11 is 3.37. The minimum atomic E-state index is -0.467. The van der Waals surface area contributed by atoms with Crippen LogP contribution in [0.5, 0.6) is 0 Å². The Labute approximate surface area is 110 Å². The van der Waals surface area contributed by atoms with Crippen LogP contribution < -0.4 is 11.5 Å². The van der Waals surface area contributed by atoms with Gasteiger partial charge in [-0.15, -0.1) is 0 Å². The molecule has 0 aliphatic heterocycles. The number of oxazole rings is 1. The number of rotatable bonds is 1. The maximum Gasteiger partial charge on any atom is 0.417 e. The van der Waals surface area contributed by atoms with Crippen molar-refractivity contribution < 1.29 is 4.42 Å². The average Bonchev–Trinajstić information content (AvgIpc) is 2.78. The molecule has 0 saturated heterocycles. The molecule has 0 fully saturated rings. The number of aromatic amines is 1. The summed E-state index contributed by atoms with van der Waals surface area (Å²) in [6.07, 6.45) is 0. The van der Waals surface area contributed by atoms with E-state index in [2.05, 4.69) is 25.9 Å². The van der Waals surface area contributed by atoms with E-state index in [4.69, 9.17) is 10.2 Å². The zero-order valence-electron chi connectivity index (χ0n) is 9.40. The van der Waals surface area contributed by atoms with Crippen molar-refractivity contribution >= 4 is 33.0 Å². The molecular weight excluding hydrogens is 300 g/mol. The maximum atomic E-state index is 11.1. The van der Waals surface area contributed by atoms with E-state index in [0.29, 0.717) is 21.7 Å². The minimum Gasteiger partial charge on any atom is -0.408 e. The molecule has 3 rings (SSSR count). The summed E-state index contributed by atoms with van der Waals surface area (Å²) in [5.41, 5.74) is 8.64. The molecule has 18 heavy (non-hydrogen) atoms. The third-order valence-electron chi connectivity index (χ3n) is 2.78. The van der Waals surface area contributed by atoms with E-state index in [1.807, 2.05) is 19.2 Å². The lowest BCUT2D eigenvalue weighted by molar-refractivity contribution is 0.555. The first-order chi connectivity index (χ1) is 8.56. The predicted molar refractivity (Wildman–Crippen MR) is 71.1 cm³/mol. The Kier molecular flexibility index (Phi) is 2.30. The Bertz CT molecular complexity index is 799. The molecule has 0 aliphatic rings. The molecule has 7 heteroatoms. The fourth-order valence-electron chi connectivity index (χ4n) is 1.89. The topological polar surface area (TPSA) is 89.8 Å². The lowest BCUT2D eigenvalue weighted by atomic mass is 10.1. The van der Waals surface area contributed by atoms with Crippen LogP contribution in [0, 0.1) is 0 Å². The van der Waals surface area contributed by atoms with Crippen molar-refractivity contribution in [3.63, 3.8) is 0 Å². The smallest absolute Gasteiger partial charge is 0.408 e. The third-order valence-corrected chi connectivity index (χ3v) is 3.33. The zero-order valence-corrected chi connectivity index (χ0v) is 11.0. The fourth-order valence-corrected chi connectivity index (χ4v) is 2.57. The van der Waals surface area contributed by atoms with E-state index in [0.717, 1.165) is 11.3 Å². The van der Waals surface area contributed by atoms with Gasteiger partial charge in [0.15, 0.2) is 5.58 Å². The molecule has 2 heterocycles. The standard InChI is InChI=1S/C11H9BrN4O2/c1-16-8(9(12)15-10(16)13)5-2-3-7-6(4-5)14-11(17)18-7/h2-4H,1H3,(H2,13,15)(H,14,17). The number of imidazole rings is 1. The van der Waals surface area contributed by atoms with E-state index in [1.165, 1.54) is 0 Å². The van der Waals surface area contributed by atoms with Gasteiger partial charge in [0, 0.05) is 12.6 Å². The van der Waals surface area contributed by atoms with Gasteiger partial charge in [-0.1, -0.05) is 0 Å². The molecule has 0 spiro atoms. The molecule has 0 unspecified atom stereocenters. The number of nitrogens with zero attached hydrogens (tertiary/aromatic N) is 2. The Morgan fingerprint density at radius 1 is 1.50 bits per heavy atom. The van der Waals surface area contributed by atoms with Crippen LogP contribution in [0.3, 0.4) is 0 Å². The third kappa shape index (κ3) is 1.55. The second kappa shape index (κ2) is 3.74. The molecule has 6 nitrogen and oxygen atoms in total. The summed E-state index contributed by atoms with van der Waals surface area (Å²) in [7, 11) is 1.82. The molecule has 0 radical (unpaired) electrons. The highest BCUT2D eigenvalue weighted by Gasteiger charge is 2.13. The molecule has 3 aromatic rings. The number of benzene rings is 1. The number of hydrogen-bond acceptors (Lipinski definition) is 4. The van der Waals surface area contributed by atoms with Crippen LogP contribution in [0.15, 0.2) is 32.0 Å². The number of hydrogen-bond donors (Lipinski definition) is 2. The minimum absolute atomic E-state index is 0.414. The van der Waals surface area contributed by atoms with Gasteiger partial charge in [-0.2, -0.15) is 0 Å². The summed E-state index contributed by atoms with van der Waals surface area (Å²) in [5, 5.41) is 0. The van der Waals surface area contributed by atoms with Crippen LogP contribution in [-0.2, 0) is 7.05 Å². The van der Waals surface area contributed by atoms with Crippen molar-refractivity contribution in [3.05, 3.63) is 33.4 Å². The van der Waals surface area contributed by atoms with E-state index in [9.17, 15) is 4.79 Å². The van der Waals surface area contributed by atoms with Crippen LogP contribution in [0.4, 0.5) is 5.95 Å². The number of nitrogens with two attached hydrogens (primary N) is 1. The molecule has 2 aromatic heterocycles. The van der Waals surface area contributed by atoms with Gasteiger partial charge >= 0.3 is 5.76 Å². The van der Waals surface area contributed by atoms with E-state index in [-0.39, 0.29) is 0 Å². The molecule has 0 amide bonds. The van der Waals surface area contributed by atoms with Gasteiger partial charge < -0.3 is 14.7 Å². The second-order valence-corrected chi connectivity index (χ2v) is 4.65. The normalized spacial score (nSPS) is 11.2. The predicted octanol–water partition coefficient (Wildman–Crippen LogP) is 1.87. The van der Waals surface area contributed by atoms with E-state index >= 15 is 0 Å². The largest absolute Gasteiger partial charge is 0.417 e. The van der Waals surface area contributed by atoms with Gasteiger partial charge in [0.25, 0.3) is 0 Å². The van der Waals surface area contributed by atoms with Crippen molar-refractivity contribution in [1.82, 2.24) is 14.5 Å². The fraction of sp³-hybridized carbons (Fsp3) is 0.0909. The summed E-state index contributed by atoms with van der Waals surface area (Å²) in [4.78, 5) is 17.9. The molecule has 3 N–H and O–H groups in total. The monoisotopic (exact) mass is 308 g/mol. The first-order valence-electron chi connectivity index (χ1n) is 5.17. The second-order valence-electron chi connectivity index (χ2n) is 3.89. The number of aromatic nitrogens is 3. The van der Waals surface area contributed by atoms with Crippen molar-refractivity contribution in [2.75, 3.05) is 5.73 Å². The highest BCUT2D eigenvalue weighted by molar-refractivity contribution is 9.10. The van der Waals surface area contributed by atoms with Gasteiger partial charge in [0.05, 0.1) is 11.2 Å². The average molecular weight is 309 g/mol. The zero-order chi connectivity index (χ0) is 12.9. The van der Waals surface area contributed by atoms with E-state index in [1.54, 1.807) is 10.6 Å². The summed E-state index contributed by atoms with van der Waals surface area (Å²) in [6.45, 7) is 0. The number of halogens is 1.